The molecule has 0 radical (unpaired) electrons. The number of piperidine rings is 1. The van der Waals surface area contributed by atoms with Crippen LogP contribution < -0.4 is 10.1 Å². The second kappa shape index (κ2) is 8.00. The van der Waals surface area contributed by atoms with Gasteiger partial charge in [-0.05, 0) is 50.8 Å². The van der Waals surface area contributed by atoms with Crippen molar-refractivity contribution in [3.8, 4) is 5.75 Å². The Bertz CT molecular complexity index is 792. The van der Waals surface area contributed by atoms with Crippen LogP contribution in [0, 0.1) is 0 Å². The van der Waals surface area contributed by atoms with Gasteiger partial charge in [0.25, 0.3) is 0 Å². The van der Waals surface area contributed by atoms with Gasteiger partial charge in [0.15, 0.2) is 0 Å². The van der Waals surface area contributed by atoms with Crippen molar-refractivity contribution in [2.75, 3.05) is 13.1 Å². The van der Waals surface area contributed by atoms with Gasteiger partial charge >= 0.3 is 0 Å². The van der Waals surface area contributed by atoms with Gasteiger partial charge in [0.05, 0.1) is 12.5 Å². The maximum atomic E-state index is 12.5. The van der Waals surface area contributed by atoms with Crippen LogP contribution in [0.25, 0.3) is 0 Å². The van der Waals surface area contributed by atoms with Crippen LogP contribution in [0.5, 0.6) is 5.75 Å². The number of para-hydroxylation sites is 1. The Morgan fingerprint density at radius 3 is 2.75 bits per heavy atom. The third-order valence-corrected chi connectivity index (χ3v) is 5.94. The van der Waals surface area contributed by atoms with E-state index in [4.69, 9.17) is 9.15 Å². The van der Waals surface area contributed by atoms with Gasteiger partial charge in [-0.1, -0.05) is 18.2 Å². The molecule has 28 heavy (non-hydrogen) atoms. The molecule has 0 unspecified atom stereocenters. The Morgan fingerprint density at radius 1 is 1.25 bits per heavy atom. The van der Waals surface area contributed by atoms with Crippen LogP contribution in [-0.2, 0) is 11.3 Å². The van der Waals surface area contributed by atoms with E-state index in [9.17, 15) is 4.79 Å². The predicted octanol–water partition coefficient (Wildman–Crippen LogP) is 4.10. The average Bonchev–Trinajstić information content (AvgIpc) is 3.16. The van der Waals surface area contributed by atoms with E-state index in [-0.39, 0.29) is 23.5 Å². The molecule has 1 saturated heterocycles. The summed E-state index contributed by atoms with van der Waals surface area (Å²) in [6, 6.07) is 10.4. The molecule has 2 aromatic rings. The Labute approximate surface area is 167 Å². The lowest BCUT2D eigenvalue weighted by atomic mass is 9.76. The summed E-state index contributed by atoms with van der Waals surface area (Å²) in [5.74, 6) is 1.30. The third kappa shape index (κ3) is 4.25. The zero-order valence-electron chi connectivity index (χ0n) is 16.8. The molecule has 5 heteroatoms. The molecule has 1 amide bonds. The van der Waals surface area contributed by atoms with Crippen molar-refractivity contribution < 1.29 is 13.9 Å². The molecule has 1 atom stereocenters. The zero-order valence-corrected chi connectivity index (χ0v) is 16.8. The summed E-state index contributed by atoms with van der Waals surface area (Å²) in [6.07, 6.45) is 6.97. The number of ether oxygens (including phenoxy) is 1. The molecule has 1 aromatic heterocycles. The van der Waals surface area contributed by atoms with Crippen molar-refractivity contribution >= 4 is 5.91 Å². The first kappa shape index (κ1) is 19.1. The molecule has 1 spiro atoms. The Morgan fingerprint density at radius 2 is 2.04 bits per heavy atom. The van der Waals surface area contributed by atoms with E-state index in [2.05, 4.69) is 22.3 Å². The number of amides is 1. The molecular weight excluding hydrogens is 352 g/mol. The molecule has 0 aliphatic carbocycles. The van der Waals surface area contributed by atoms with Gasteiger partial charge in [0, 0.05) is 43.6 Å². The Hall–Kier alpha value is -2.27. The number of rotatable bonds is 5. The van der Waals surface area contributed by atoms with Crippen LogP contribution in [0.15, 0.2) is 47.3 Å². The highest BCUT2D eigenvalue weighted by atomic mass is 16.5. The van der Waals surface area contributed by atoms with Crippen molar-refractivity contribution in [2.24, 2.45) is 0 Å². The summed E-state index contributed by atoms with van der Waals surface area (Å²) in [4.78, 5) is 14.9. The smallest absolute Gasteiger partial charge is 0.220 e. The lowest BCUT2D eigenvalue weighted by Gasteiger charge is -2.47. The molecule has 0 bridgehead atoms. The largest absolute Gasteiger partial charge is 0.487 e. The first-order chi connectivity index (χ1) is 13.5. The summed E-state index contributed by atoms with van der Waals surface area (Å²) in [7, 11) is 0. The number of carbonyl (C=O) groups excluding carboxylic acids is 1. The zero-order chi connectivity index (χ0) is 19.6. The number of hydrogen-bond donors (Lipinski definition) is 1. The van der Waals surface area contributed by atoms with E-state index in [0.29, 0.717) is 6.42 Å². The van der Waals surface area contributed by atoms with Crippen LogP contribution in [0.2, 0.25) is 0 Å². The van der Waals surface area contributed by atoms with Gasteiger partial charge in [-0.2, -0.15) is 0 Å². The van der Waals surface area contributed by atoms with Crippen molar-refractivity contribution in [3.05, 3.63) is 54.0 Å². The monoisotopic (exact) mass is 382 g/mol. The van der Waals surface area contributed by atoms with Crippen LogP contribution in [0.3, 0.4) is 0 Å². The molecular formula is C23H30N2O3. The van der Waals surface area contributed by atoms with E-state index >= 15 is 0 Å². The highest BCUT2D eigenvalue weighted by molar-refractivity contribution is 5.77. The molecule has 1 aromatic carbocycles. The van der Waals surface area contributed by atoms with E-state index in [1.54, 1.807) is 6.26 Å². The van der Waals surface area contributed by atoms with Crippen LogP contribution in [-0.4, -0.2) is 35.5 Å². The number of furan rings is 1. The fraction of sp³-hybridized carbons (Fsp3) is 0.522. The van der Waals surface area contributed by atoms with Crippen molar-refractivity contribution in [1.82, 2.24) is 10.2 Å². The topological polar surface area (TPSA) is 54.7 Å². The van der Waals surface area contributed by atoms with Crippen LogP contribution in [0.1, 0.15) is 56.6 Å². The fourth-order valence-electron chi connectivity index (χ4n) is 4.60. The van der Waals surface area contributed by atoms with Gasteiger partial charge in [-0.15, -0.1) is 0 Å². The number of benzene rings is 1. The predicted molar refractivity (Wildman–Crippen MR) is 108 cm³/mol. The summed E-state index contributed by atoms with van der Waals surface area (Å²) in [5.41, 5.74) is 2.23. The Kier molecular flexibility index (Phi) is 5.44. The van der Waals surface area contributed by atoms with Gasteiger partial charge in [-0.3, -0.25) is 9.69 Å². The molecule has 1 N–H and O–H groups in total. The SMILES string of the molecule is CC(C)NC(=O)C[C@@H]1CC2(CCN(Cc3ccoc3)CC2)Oc2ccccc21. The first-order valence-corrected chi connectivity index (χ1v) is 10.3. The minimum atomic E-state index is -0.163. The standard InChI is InChI=1S/C23H30N2O3/c1-17(2)24-22(26)13-19-14-23(28-21-6-4-3-5-20(19)21)8-10-25(11-9-23)15-18-7-12-27-16-18/h3-7,12,16-17,19H,8-11,13-15H2,1-2H3,(H,24,26)/t19-/m1/s1. The molecule has 3 heterocycles. The van der Waals surface area contributed by atoms with E-state index < -0.39 is 0 Å². The highest BCUT2D eigenvalue weighted by Crippen LogP contribution is 2.46. The fourth-order valence-corrected chi connectivity index (χ4v) is 4.60. The minimum absolute atomic E-state index is 0.129. The Balaban J connectivity index is 1.46. The van der Waals surface area contributed by atoms with Gasteiger partial charge in [-0.25, -0.2) is 0 Å². The lowest BCUT2D eigenvalue weighted by molar-refractivity contribution is -0.122. The maximum Gasteiger partial charge on any atom is 0.220 e. The molecule has 150 valence electrons. The summed E-state index contributed by atoms with van der Waals surface area (Å²) >= 11 is 0. The average molecular weight is 383 g/mol. The van der Waals surface area contributed by atoms with Crippen molar-refractivity contribution in [1.29, 1.82) is 0 Å². The lowest BCUT2D eigenvalue weighted by Crippen LogP contribution is -2.50. The molecule has 1 fully saturated rings. The number of nitrogens with zero attached hydrogens (tertiary/aromatic N) is 1. The van der Waals surface area contributed by atoms with Crippen molar-refractivity contribution in [2.45, 2.75) is 63.6 Å². The maximum absolute atomic E-state index is 12.5. The second-order valence-electron chi connectivity index (χ2n) is 8.56. The number of nitrogens with one attached hydrogen (secondary N) is 1. The highest BCUT2D eigenvalue weighted by Gasteiger charge is 2.43. The molecule has 2 aliphatic rings. The number of likely N-dealkylation sites (tertiary alicyclic amines) is 1. The van der Waals surface area contributed by atoms with E-state index in [1.807, 2.05) is 38.3 Å². The van der Waals surface area contributed by atoms with E-state index in [0.717, 1.165) is 44.6 Å². The van der Waals surface area contributed by atoms with Crippen molar-refractivity contribution in [3.63, 3.8) is 0 Å². The minimum Gasteiger partial charge on any atom is -0.487 e. The van der Waals surface area contributed by atoms with Gasteiger partial charge in [0.1, 0.15) is 11.4 Å². The van der Waals surface area contributed by atoms with Crippen LogP contribution >= 0.6 is 0 Å². The van der Waals surface area contributed by atoms with Crippen LogP contribution in [0.4, 0.5) is 0 Å². The van der Waals surface area contributed by atoms with E-state index in [1.165, 1.54) is 11.1 Å². The first-order valence-electron chi connectivity index (χ1n) is 10.3. The van der Waals surface area contributed by atoms with Gasteiger partial charge < -0.3 is 14.5 Å². The number of hydrogen-bond acceptors (Lipinski definition) is 4. The second-order valence-corrected chi connectivity index (χ2v) is 8.56. The molecule has 5 nitrogen and oxygen atoms in total. The third-order valence-electron chi connectivity index (χ3n) is 5.94. The normalized spacial score (nSPS) is 21.3. The summed E-state index contributed by atoms with van der Waals surface area (Å²) in [5, 5.41) is 3.05. The molecule has 0 saturated carbocycles. The molecule has 4 rings (SSSR count). The van der Waals surface area contributed by atoms with Gasteiger partial charge in [0.2, 0.25) is 5.91 Å². The molecule has 2 aliphatic heterocycles. The number of fused-ring (bicyclic) bond motifs is 1. The number of carbonyl (C=O) groups is 1. The quantitative estimate of drug-likeness (QED) is 0.846. The summed E-state index contributed by atoms with van der Waals surface area (Å²) < 4.78 is 11.8. The summed E-state index contributed by atoms with van der Waals surface area (Å²) in [6.45, 7) is 6.93.